The van der Waals surface area contributed by atoms with Gasteiger partial charge in [-0.15, -0.1) is 0 Å². The van der Waals surface area contributed by atoms with Gasteiger partial charge in [-0.25, -0.2) is 0 Å². The fraction of sp³-hybridized carbons (Fsp3) is 0.400. The summed E-state index contributed by atoms with van der Waals surface area (Å²) in [6.45, 7) is 11.7. The van der Waals surface area contributed by atoms with Crippen LogP contribution in [0.5, 0.6) is 5.75 Å². The first-order chi connectivity index (χ1) is 8.09. The van der Waals surface area contributed by atoms with Crippen molar-refractivity contribution in [2.75, 3.05) is 6.61 Å². The Morgan fingerprint density at radius 3 is 2.24 bits per heavy atom. The summed E-state index contributed by atoms with van der Waals surface area (Å²) in [5.74, 6) is 0.859. The molecule has 1 rings (SSSR count). The zero-order valence-electron chi connectivity index (χ0n) is 11.2. The third kappa shape index (κ3) is 6.56. The van der Waals surface area contributed by atoms with Crippen LogP contribution in [-0.2, 0) is 4.79 Å². The monoisotopic (exact) mass is 234 g/mol. The summed E-state index contributed by atoms with van der Waals surface area (Å²) in [6.07, 6.45) is 0.392. The largest absolute Gasteiger partial charge is 0.493 e. The molecule has 0 aliphatic carbocycles. The second-order valence-electron chi connectivity index (χ2n) is 3.62. The first kappa shape index (κ1) is 15.4. The van der Waals surface area contributed by atoms with Crippen LogP contribution in [0.15, 0.2) is 36.4 Å². The highest BCUT2D eigenvalue weighted by atomic mass is 16.5. The number of allylic oxidation sites excluding steroid dienone is 1. The maximum Gasteiger partial charge on any atom is 0.161 e. The average molecular weight is 234 g/mol. The highest BCUT2D eigenvalue weighted by Crippen LogP contribution is 2.11. The lowest BCUT2D eigenvalue weighted by molar-refractivity contribution is -0.115. The first-order valence-corrected chi connectivity index (χ1v) is 5.98. The Morgan fingerprint density at radius 1 is 1.24 bits per heavy atom. The van der Waals surface area contributed by atoms with Gasteiger partial charge < -0.3 is 4.74 Å². The normalized spacial score (nSPS) is 8.94. The molecule has 0 atom stereocenters. The van der Waals surface area contributed by atoms with Gasteiger partial charge in [0.15, 0.2) is 5.78 Å². The van der Waals surface area contributed by atoms with Crippen LogP contribution < -0.4 is 4.74 Å². The maximum absolute atomic E-state index is 11.2. The predicted octanol–water partition coefficient (Wildman–Crippen LogP) is 3.94. The molecule has 94 valence electrons. The topological polar surface area (TPSA) is 26.3 Å². The third-order valence-electron chi connectivity index (χ3n) is 2.09. The van der Waals surface area contributed by atoms with Gasteiger partial charge in [0.1, 0.15) is 5.75 Å². The van der Waals surface area contributed by atoms with Crippen LogP contribution in [0.3, 0.4) is 0 Å². The summed E-state index contributed by atoms with van der Waals surface area (Å²) in [7, 11) is 0. The van der Waals surface area contributed by atoms with E-state index in [9.17, 15) is 4.79 Å². The minimum atomic E-state index is 0.0575. The van der Waals surface area contributed by atoms with Crippen LogP contribution in [0, 0.1) is 6.92 Å². The third-order valence-corrected chi connectivity index (χ3v) is 2.09. The molecule has 0 N–H and O–H groups in total. The van der Waals surface area contributed by atoms with Crippen LogP contribution in [0.25, 0.3) is 0 Å². The van der Waals surface area contributed by atoms with Crippen molar-refractivity contribution < 1.29 is 9.53 Å². The quantitative estimate of drug-likeness (QED) is 0.721. The number of Topliss-reactive ketones (excluding diaryl/α,β-unsaturated/α-hetero) is 1. The number of ether oxygens (including phenoxy) is 1. The van der Waals surface area contributed by atoms with Crippen molar-refractivity contribution in [3.63, 3.8) is 0 Å². The number of benzene rings is 1. The second-order valence-corrected chi connectivity index (χ2v) is 3.62. The van der Waals surface area contributed by atoms with Crippen LogP contribution >= 0.6 is 0 Å². The fourth-order valence-corrected chi connectivity index (χ4v) is 1.11. The fourth-order valence-electron chi connectivity index (χ4n) is 1.11. The highest BCUT2D eigenvalue weighted by Gasteiger charge is 2.02. The van der Waals surface area contributed by atoms with E-state index in [4.69, 9.17) is 4.74 Å². The van der Waals surface area contributed by atoms with Crippen molar-refractivity contribution in [3.05, 3.63) is 42.0 Å². The molecule has 0 aromatic heterocycles. The smallest absolute Gasteiger partial charge is 0.161 e. The minimum Gasteiger partial charge on any atom is -0.493 e. The van der Waals surface area contributed by atoms with Crippen molar-refractivity contribution in [3.8, 4) is 5.75 Å². The van der Waals surface area contributed by atoms with Crippen molar-refractivity contribution >= 4 is 5.78 Å². The Bertz CT molecular complexity index is 350. The zero-order chi connectivity index (χ0) is 13.3. The molecule has 0 heterocycles. The molecule has 1 aromatic carbocycles. The average Bonchev–Trinajstić information content (AvgIpc) is 2.34. The van der Waals surface area contributed by atoms with Crippen LogP contribution in [-0.4, -0.2) is 12.4 Å². The SMILES string of the molecule is C=C(C)C(=O)CCOc1ccc(C)cc1.CC. The number of aryl methyl sites for hydroxylation is 1. The summed E-state index contributed by atoms with van der Waals surface area (Å²) < 4.78 is 5.42. The molecule has 0 unspecified atom stereocenters. The molecule has 0 saturated heterocycles. The summed E-state index contributed by atoms with van der Waals surface area (Å²) in [4.78, 5) is 11.2. The Labute approximate surface area is 104 Å². The van der Waals surface area contributed by atoms with Crippen LogP contribution in [0.2, 0.25) is 0 Å². The van der Waals surface area contributed by atoms with Crippen molar-refractivity contribution in [2.24, 2.45) is 0 Å². The molecule has 1 aromatic rings. The van der Waals surface area contributed by atoms with Gasteiger partial charge in [-0.1, -0.05) is 38.1 Å². The van der Waals surface area contributed by atoms with E-state index >= 15 is 0 Å². The Morgan fingerprint density at radius 2 is 1.76 bits per heavy atom. The second kappa shape index (κ2) is 8.57. The van der Waals surface area contributed by atoms with Crippen molar-refractivity contribution in [1.82, 2.24) is 0 Å². The van der Waals surface area contributed by atoms with E-state index < -0.39 is 0 Å². The number of ketones is 1. The van der Waals surface area contributed by atoms with Gasteiger partial charge in [-0.2, -0.15) is 0 Å². The number of hydrogen-bond donors (Lipinski definition) is 0. The molecule has 0 fully saturated rings. The van der Waals surface area contributed by atoms with E-state index in [-0.39, 0.29) is 5.78 Å². The molecule has 17 heavy (non-hydrogen) atoms. The molecule has 0 saturated carbocycles. The highest BCUT2D eigenvalue weighted by molar-refractivity contribution is 5.94. The Kier molecular flexibility index (Phi) is 7.78. The van der Waals surface area contributed by atoms with Crippen molar-refractivity contribution in [2.45, 2.75) is 34.1 Å². The molecule has 0 aliphatic rings. The molecule has 0 bridgehead atoms. The summed E-state index contributed by atoms with van der Waals surface area (Å²) in [5.41, 5.74) is 1.78. The lowest BCUT2D eigenvalue weighted by Gasteiger charge is -2.05. The van der Waals surface area contributed by atoms with E-state index in [1.807, 2.05) is 45.0 Å². The van der Waals surface area contributed by atoms with Gasteiger partial charge >= 0.3 is 0 Å². The van der Waals surface area contributed by atoms with Gasteiger partial charge in [0.05, 0.1) is 6.61 Å². The molecular formula is C15H22O2. The molecule has 2 nitrogen and oxygen atoms in total. The Balaban J connectivity index is 0.00000121. The summed E-state index contributed by atoms with van der Waals surface area (Å²) in [5, 5.41) is 0. The van der Waals surface area contributed by atoms with Gasteiger partial charge in [0, 0.05) is 6.42 Å². The molecule has 2 heteroatoms. The van der Waals surface area contributed by atoms with E-state index in [0.29, 0.717) is 18.6 Å². The number of carbonyl (C=O) groups is 1. The predicted molar refractivity (Wildman–Crippen MR) is 72.5 cm³/mol. The summed E-state index contributed by atoms with van der Waals surface area (Å²) >= 11 is 0. The minimum absolute atomic E-state index is 0.0575. The van der Waals surface area contributed by atoms with E-state index in [1.54, 1.807) is 6.92 Å². The Hall–Kier alpha value is -1.57. The van der Waals surface area contributed by atoms with E-state index in [0.717, 1.165) is 5.75 Å². The van der Waals surface area contributed by atoms with Gasteiger partial charge in [-0.05, 0) is 31.6 Å². The zero-order valence-corrected chi connectivity index (χ0v) is 11.2. The lowest BCUT2D eigenvalue weighted by atomic mass is 10.2. The molecule has 0 amide bonds. The van der Waals surface area contributed by atoms with Gasteiger partial charge in [0.25, 0.3) is 0 Å². The van der Waals surface area contributed by atoms with E-state index in [2.05, 4.69) is 6.58 Å². The van der Waals surface area contributed by atoms with Crippen LogP contribution in [0.4, 0.5) is 0 Å². The molecule has 0 spiro atoms. The molecule has 0 radical (unpaired) electrons. The van der Waals surface area contributed by atoms with Crippen molar-refractivity contribution in [1.29, 1.82) is 0 Å². The maximum atomic E-state index is 11.2. The molecule has 0 aliphatic heterocycles. The van der Waals surface area contributed by atoms with Crippen LogP contribution in [0.1, 0.15) is 32.8 Å². The number of carbonyl (C=O) groups excluding carboxylic acids is 1. The van der Waals surface area contributed by atoms with E-state index in [1.165, 1.54) is 5.56 Å². The number of hydrogen-bond acceptors (Lipinski definition) is 2. The van der Waals surface area contributed by atoms with Gasteiger partial charge in [0.2, 0.25) is 0 Å². The first-order valence-electron chi connectivity index (χ1n) is 5.98. The summed E-state index contributed by atoms with van der Waals surface area (Å²) in [6, 6.07) is 7.77. The number of rotatable bonds is 5. The van der Waals surface area contributed by atoms with Gasteiger partial charge in [-0.3, -0.25) is 4.79 Å². The standard InChI is InChI=1S/C13H16O2.C2H6/c1-10(2)13(14)8-9-15-12-6-4-11(3)5-7-12;1-2/h4-7H,1,8-9H2,2-3H3;1-2H3. The molecular weight excluding hydrogens is 212 g/mol. The lowest BCUT2D eigenvalue weighted by Crippen LogP contribution is -2.06.